The number of rotatable bonds is 1. The fourth-order valence-corrected chi connectivity index (χ4v) is 0.450. The van der Waals surface area contributed by atoms with Gasteiger partial charge in [-0.05, 0) is 6.92 Å². The molecule has 11 heavy (non-hydrogen) atoms. The largest absolute Gasteiger partial charge is 0.426 e. The first-order chi connectivity index (χ1) is 5.22. The number of hydrogen-bond donors (Lipinski definition) is 1. The highest BCUT2D eigenvalue weighted by Crippen LogP contribution is 2.04. The van der Waals surface area contributed by atoms with Crippen LogP contribution in [0.1, 0.15) is 5.82 Å². The van der Waals surface area contributed by atoms with Gasteiger partial charge in [0.1, 0.15) is 0 Å². The standard InChI is InChI=1S/C5H7N3O3/c1-3-7-5(11-8-3)10-4(9)6-2/h1-2H3,(H,6,9). The Balaban J connectivity index is 2.57. The highest BCUT2D eigenvalue weighted by atomic mass is 16.7. The Labute approximate surface area is 62.5 Å². The molecular weight excluding hydrogens is 150 g/mol. The maximum Gasteiger partial charge on any atom is 0.426 e. The van der Waals surface area contributed by atoms with E-state index in [-0.39, 0.29) is 6.08 Å². The second kappa shape index (κ2) is 3.00. The summed E-state index contributed by atoms with van der Waals surface area (Å²) in [6.07, 6.45) is -0.782. The highest BCUT2D eigenvalue weighted by Gasteiger charge is 2.07. The van der Waals surface area contributed by atoms with Crippen molar-refractivity contribution in [1.82, 2.24) is 15.5 Å². The summed E-state index contributed by atoms with van der Waals surface area (Å²) in [5.41, 5.74) is 0. The van der Waals surface area contributed by atoms with Crippen molar-refractivity contribution in [3.8, 4) is 6.08 Å². The van der Waals surface area contributed by atoms with Crippen LogP contribution in [0.15, 0.2) is 4.52 Å². The number of ether oxygens (including phenoxy) is 1. The van der Waals surface area contributed by atoms with Crippen molar-refractivity contribution in [2.45, 2.75) is 6.92 Å². The zero-order valence-corrected chi connectivity index (χ0v) is 6.12. The van der Waals surface area contributed by atoms with Crippen molar-refractivity contribution < 1.29 is 14.1 Å². The molecule has 1 amide bonds. The lowest BCUT2D eigenvalue weighted by Crippen LogP contribution is -2.22. The van der Waals surface area contributed by atoms with E-state index < -0.39 is 6.09 Å². The summed E-state index contributed by atoms with van der Waals surface area (Å²) in [6, 6.07) is 0. The Kier molecular flexibility index (Phi) is 2.05. The van der Waals surface area contributed by atoms with Crippen molar-refractivity contribution in [1.29, 1.82) is 0 Å². The van der Waals surface area contributed by atoms with Gasteiger partial charge in [0.05, 0.1) is 0 Å². The van der Waals surface area contributed by atoms with Crippen LogP contribution in [0.4, 0.5) is 4.79 Å². The zero-order chi connectivity index (χ0) is 8.27. The third kappa shape index (κ3) is 1.92. The third-order valence-corrected chi connectivity index (χ3v) is 0.893. The zero-order valence-electron chi connectivity index (χ0n) is 6.12. The maximum absolute atomic E-state index is 10.5. The lowest BCUT2D eigenvalue weighted by atomic mass is 10.8. The molecule has 0 aromatic carbocycles. The predicted octanol–water partition coefficient (Wildman–Crippen LogP) is 0.0962. The van der Waals surface area contributed by atoms with Crippen molar-refractivity contribution in [2.75, 3.05) is 7.05 Å². The summed E-state index contributed by atoms with van der Waals surface area (Å²) in [6.45, 7) is 1.63. The van der Waals surface area contributed by atoms with E-state index in [1.807, 2.05) is 0 Å². The molecule has 0 atom stereocenters. The number of carbonyl (C=O) groups excluding carboxylic acids is 1. The van der Waals surface area contributed by atoms with Crippen LogP contribution in [0.3, 0.4) is 0 Å². The average molecular weight is 157 g/mol. The molecule has 60 valence electrons. The Hall–Kier alpha value is -1.59. The highest BCUT2D eigenvalue weighted by molar-refractivity contribution is 5.68. The number of nitrogens with zero attached hydrogens (tertiary/aromatic N) is 2. The van der Waals surface area contributed by atoms with Gasteiger partial charge < -0.3 is 10.1 Å². The maximum atomic E-state index is 10.5. The van der Waals surface area contributed by atoms with E-state index in [9.17, 15) is 4.79 Å². The molecule has 0 aliphatic carbocycles. The van der Waals surface area contributed by atoms with E-state index >= 15 is 0 Å². The molecule has 1 heterocycles. The average Bonchev–Trinajstić information content (AvgIpc) is 2.35. The van der Waals surface area contributed by atoms with Gasteiger partial charge in [0, 0.05) is 7.05 Å². The fraction of sp³-hybridized carbons (Fsp3) is 0.400. The Bertz CT molecular complexity index is 257. The van der Waals surface area contributed by atoms with Crippen LogP contribution in [0.5, 0.6) is 6.08 Å². The molecule has 6 nitrogen and oxygen atoms in total. The smallest absolute Gasteiger partial charge is 0.359 e. The molecule has 1 N–H and O–H groups in total. The molecule has 0 unspecified atom stereocenters. The number of carbonyl (C=O) groups is 1. The van der Waals surface area contributed by atoms with E-state index in [0.717, 1.165) is 0 Å². The van der Waals surface area contributed by atoms with Crippen LogP contribution in [-0.2, 0) is 0 Å². The summed E-state index contributed by atoms with van der Waals surface area (Å²) in [5.74, 6) is 0.420. The second-order valence-electron chi connectivity index (χ2n) is 1.75. The van der Waals surface area contributed by atoms with E-state index in [0.29, 0.717) is 5.82 Å². The van der Waals surface area contributed by atoms with Crippen LogP contribution in [0, 0.1) is 6.92 Å². The molecule has 0 saturated heterocycles. The van der Waals surface area contributed by atoms with Gasteiger partial charge >= 0.3 is 12.2 Å². The Morgan fingerprint density at radius 1 is 1.73 bits per heavy atom. The van der Waals surface area contributed by atoms with Crippen LogP contribution in [0.25, 0.3) is 0 Å². The third-order valence-electron chi connectivity index (χ3n) is 0.893. The van der Waals surface area contributed by atoms with Gasteiger partial charge in [-0.25, -0.2) is 4.79 Å². The first-order valence-electron chi connectivity index (χ1n) is 2.92. The number of aromatic nitrogens is 2. The van der Waals surface area contributed by atoms with Crippen LogP contribution < -0.4 is 10.1 Å². The number of hydrogen-bond acceptors (Lipinski definition) is 5. The lowest BCUT2D eigenvalue weighted by molar-refractivity contribution is 0.179. The predicted molar refractivity (Wildman–Crippen MR) is 34.1 cm³/mol. The molecule has 0 aliphatic heterocycles. The van der Waals surface area contributed by atoms with Crippen molar-refractivity contribution in [2.24, 2.45) is 0 Å². The monoisotopic (exact) mass is 157 g/mol. The fourth-order valence-electron chi connectivity index (χ4n) is 0.450. The molecule has 1 rings (SSSR count). The molecule has 6 heteroatoms. The normalized spacial score (nSPS) is 9.27. The van der Waals surface area contributed by atoms with Crippen LogP contribution in [-0.4, -0.2) is 23.3 Å². The van der Waals surface area contributed by atoms with Gasteiger partial charge in [0.2, 0.25) is 0 Å². The van der Waals surface area contributed by atoms with Crippen LogP contribution in [0.2, 0.25) is 0 Å². The van der Waals surface area contributed by atoms with Gasteiger partial charge in [-0.1, -0.05) is 5.16 Å². The molecule has 0 saturated carbocycles. The minimum Gasteiger partial charge on any atom is -0.359 e. The molecule has 0 bridgehead atoms. The van der Waals surface area contributed by atoms with Crippen molar-refractivity contribution in [3.63, 3.8) is 0 Å². The van der Waals surface area contributed by atoms with E-state index in [2.05, 4.69) is 24.7 Å². The summed E-state index contributed by atoms with van der Waals surface area (Å²) in [7, 11) is 1.44. The lowest BCUT2D eigenvalue weighted by Gasteiger charge is -1.93. The van der Waals surface area contributed by atoms with Gasteiger partial charge in [0.25, 0.3) is 0 Å². The SMILES string of the molecule is CNC(=O)Oc1nc(C)no1. The van der Waals surface area contributed by atoms with E-state index in [1.54, 1.807) is 6.92 Å². The molecule has 1 aromatic heterocycles. The molecule has 0 fully saturated rings. The summed E-state index contributed by atoms with van der Waals surface area (Å²) in [4.78, 5) is 14.2. The molecule has 0 aliphatic rings. The molecular formula is C5H7N3O3. The van der Waals surface area contributed by atoms with Gasteiger partial charge in [-0.2, -0.15) is 4.98 Å². The first kappa shape index (κ1) is 7.52. The number of amides is 1. The first-order valence-corrected chi connectivity index (χ1v) is 2.92. The number of nitrogens with one attached hydrogen (secondary N) is 1. The quantitative estimate of drug-likeness (QED) is 0.625. The minimum absolute atomic E-state index is 0.151. The second-order valence-corrected chi connectivity index (χ2v) is 1.75. The van der Waals surface area contributed by atoms with Gasteiger partial charge in [-0.15, -0.1) is 0 Å². The summed E-state index contributed by atoms with van der Waals surface area (Å²) in [5, 5.41) is 5.65. The van der Waals surface area contributed by atoms with Gasteiger partial charge in [-0.3, -0.25) is 4.52 Å². The topological polar surface area (TPSA) is 77.2 Å². The minimum atomic E-state index is -0.631. The van der Waals surface area contributed by atoms with Crippen molar-refractivity contribution in [3.05, 3.63) is 5.82 Å². The summed E-state index contributed by atoms with van der Waals surface area (Å²) >= 11 is 0. The Morgan fingerprint density at radius 3 is 2.91 bits per heavy atom. The molecule has 0 spiro atoms. The molecule has 1 aromatic rings. The summed E-state index contributed by atoms with van der Waals surface area (Å²) < 4.78 is 8.99. The van der Waals surface area contributed by atoms with Crippen LogP contribution >= 0.6 is 0 Å². The Morgan fingerprint density at radius 2 is 2.45 bits per heavy atom. The van der Waals surface area contributed by atoms with E-state index in [4.69, 9.17) is 0 Å². The molecule has 0 radical (unpaired) electrons. The van der Waals surface area contributed by atoms with E-state index in [1.165, 1.54) is 7.05 Å². The van der Waals surface area contributed by atoms with Gasteiger partial charge in [0.15, 0.2) is 5.82 Å². The number of aryl methyl sites for hydroxylation is 1. The van der Waals surface area contributed by atoms with Crippen molar-refractivity contribution >= 4 is 6.09 Å².